The topological polar surface area (TPSA) is 84.6 Å². The lowest BCUT2D eigenvalue weighted by Crippen LogP contribution is -2.44. The van der Waals surface area contributed by atoms with Gasteiger partial charge in [-0.1, -0.05) is 0 Å². The van der Waals surface area contributed by atoms with E-state index in [1.54, 1.807) is 16.7 Å². The van der Waals surface area contributed by atoms with Gasteiger partial charge in [-0.2, -0.15) is 5.26 Å². The third-order valence-corrected chi connectivity index (χ3v) is 3.41. The number of carboxylic acids is 1. The monoisotopic (exact) mass is 253 g/mol. The van der Waals surface area contributed by atoms with Gasteiger partial charge in [-0.25, -0.2) is 4.79 Å². The summed E-state index contributed by atoms with van der Waals surface area (Å²) in [6.07, 6.45) is 0.771. The van der Waals surface area contributed by atoms with Gasteiger partial charge in [-0.15, -0.1) is 0 Å². The van der Waals surface area contributed by atoms with Crippen molar-refractivity contribution >= 4 is 12.0 Å². The van der Waals surface area contributed by atoms with E-state index in [0.717, 1.165) is 0 Å². The average molecular weight is 253 g/mol. The maximum absolute atomic E-state index is 12.1. The van der Waals surface area contributed by atoms with Crippen molar-refractivity contribution in [3.05, 3.63) is 0 Å². The van der Waals surface area contributed by atoms with Gasteiger partial charge >= 0.3 is 12.0 Å². The first-order chi connectivity index (χ1) is 8.44. The molecule has 18 heavy (non-hydrogen) atoms. The van der Waals surface area contributed by atoms with Crippen molar-refractivity contribution in [3.63, 3.8) is 0 Å². The van der Waals surface area contributed by atoms with E-state index in [9.17, 15) is 9.59 Å². The average Bonchev–Trinajstić information content (AvgIpc) is 2.74. The Kier molecular flexibility index (Phi) is 4.54. The summed E-state index contributed by atoms with van der Waals surface area (Å²) in [6.45, 7) is 5.14. The highest BCUT2D eigenvalue weighted by atomic mass is 16.4. The van der Waals surface area contributed by atoms with Gasteiger partial charge in [0.15, 0.2) is 0 Å². The Morgan fingerprint density at radius 1 is 1.56 bits per heavy atom. The summed E-state index contributed by atoms with van der Waals surface area (Å²) in [5.74, 6) is -0.863. The van der Waals surface area contributed by atoms with Crippen molar-refractivity contribution in [1.82, 2.24) is 9.80 Å². The molecule has 0 saturated carbocycles. The highest BCUT2D eigenvalue weighted by molar-refractivity contribution is 5.79. The Morgan fingerprint density at radius 3 is 2.67 bits per heavy atom. The van der Waals surface area contributed by atoms with Gasteiger partial charge in [0, 0.05) is 26.2 Å². The van der Waals surface area contributed by atoms with Gasteiger partial charge in [0.05, 0.1) is 17.9 Å². The van der Waals surface area contributed by atoms with Gasteiger partial charge < -0.3 is 14.9 Å². The molecule has 6 nitrogen and oxygen atoms in total. The number of nitrogens with zero attached hydrogens (tertiary/aromatic N) is 3. The summed E-state index contributed by atoms with van der Waals surface area (Å²) >= 11 is 0. The zero-order chi connectivity index (χ0) is 13.8. The number of carbonyl (C=O) groups is 2. The minimum absolute atomic E-state index is 0.169. The first kappa shape index (κ1) is 14.3. The van der Waals surface area contributed by atoms with Crippen LogP contribution in [0.15, 0.2) is 0 Å². The van der Waals surface area contributed by atoms with Gasteiger partial charge in [0.1, 0.15) is 0 Å². The number of urea groups is 1. The molecule has 0 bridgehead atoms. The number of likely N-dealkylation sites (tertiary alicyclic amines) is 1. The summed E-state index contributed by atoms with van der Waals surface area (Å²) in [7, 11) is 0. The first-order valence-electron chi connectivity index (χ1n) is 6.09. The van der Waals surface area contributed by atoms with E-state index in [0.29, 0.717) is 32.5 Å². The van der Waals surface area contributed by atoms with Gasteiger partial charge in [-0.3, -0.25) is 4.79 Å². The molecule has 1 aliphatic rings. The Morgan fingerprint density at radius 2 is 2.22 bits per heavy atom. The van der Waals surface area contributed by atoms with E-state index in [1.165, 1.54) is 0 Å². The Bertz CT molecular complexity index is 377. The highest BCUT2D eigenvalue weighted by Crippen LogP contribution is 2.30. The molecular formula is C12H19N3O3. The molecule has 0 aliphatic carbocycles. The smallest absolute Gasteiger partial charge is 0.320 e. The SMILES string of the molecule is CCN(CCC#N)C(=O)N1CCC(C)(C(=O)O)C1. The molecule has 1 saturated heterocycles. The van der Waals surface area contributed by atoms with Gasteiger partial charge in [0.2, 0.25) is 0 Å². The third-order valence-electron chi connectivity index (χ3n) is 3.41. The standard InChI is InChI=1S/C12H19N3O3/c1-3-14(7-4-6-13)11(18)15-8-5-12(2,9-15)10(16)17/h3-5,7-9H2,1-2H3,(H,16,17). The van der Waals surface area contributed by atoms with E-state index < -0.39 is 11.4 Å². The second-order valence-corrected chi connectivity index (χ2v) is 4.81. The van der Waals surface area contributed by atoms with Crippen LogP contribution in [0.4, 0.5) is 4.79 Å². The van der Waals surface area contributed by atoms with E-state index in [1.807, 2.05) is 13.0 Å². The number of amides is 2. The number of nitriles is 1. The number of carboxylic acid groups (broad SMARTS) is 1. The molecule has 1 atom stereocenters. The van der Waals surface area contributed by atoms with E-state index in [2.05, 4.69) is 0 Å². The second-order valence-electron chi connectivity index (χ2n) is 4.81. The van der Waals surface area contributed by atoms with E-state index in [4.69, 9.17) is 10.4 Å². The Balaban J connectivity index is 2.64. The summed E-state index contributed by atoms with van der Waals surface area (Å²) in [5, 5.41) is 17.6. The third kappa shape index (κ3) is 2.92. The summed E-state index contributed by atoms with van der Waals surface area (Å²) < 4.78 is 0. The molecule has 1 heterocycles. The van der Waals surface area contributed by atoms with Crippen molar-refractivity contribution in [1.29, 1.82) is 5.26 Å². The molecule has 1 aliphatic heterocycles. The van der Waals surface area contributed by atoms with Crippen LogP contribution in [-0.4, -0.2) is 53.1 Å². The molecule has 1 fully saturated rings. The summed E-state index contributed by atoms with van der Waals surface area (Å²) in [4.78, 5) is 26.4. The largest absolute Gasteiger partial charge is 0.481 e. The van der Waals surface area contributed by atoms with Crippen molar-refractivity contribution in [2.45, 2.75) is 26.7 Å². The molecule has 0 spiro atoms. The molecular weight excluding hydrogens is 234 g/mol. The molecule has 1 rings (SSSR count). The highest BCUT2D eigenvalue weighted by Gasteiger charge is 2.42. The van der Waals surface area contributed by atoms with Gasteiger partial charge in [-0.05, 0) is 20.3 Å². The van der Waals surface area contributed by atoms with Crippen LogP contribution in [0.25, 0.3) is 0 Å². The second kappa shape index (κ2) is 5.71. The van der Waals surface area contributed by atoms with Crippen LogP contribution < -0.4 is 0 Å². The maximum Gasteiger partial charge on any atom is 0.320 e. The van der Waals surface area contributed by atoms with Crippen LogP contribution in [0.3, 0.4) is 0 Å². The van der Waals surface area contributed by atoms with Crippen LogP contribution >= 0.6 is 0 Å². The van der Waals surface area contributed by atoms with Crippen LogP contribution in [-0.2, 0) is 4.79 Å². The fourth-order valence-electron chi connectivity index (χ4n) is 2.07. The summed E-state index contributed by atoms with van der Waals surface area (Å²) in [5.41, 5.74) is -0.843. The zero-order valence-electron chi connectivity index (χ0n) is 10.8. The first-order valence-corrected chi connectivity index (χ1v) is 6.09. The number of hydrogen-bond donors (Lipinski definition) is 1. The molecule has 0 aromatic carbocycles. The number of rotatable bonds is 4. The lowest BCUT2D eigenvalue weighted by Gasteiger charge is -2.27. The quantitative estimate of drug-likeness (QED) is 0.814. The maximum atomic E-state index is 12.1. The molecule has 0 radical (unpaired) electrons. The normalized spacial score (nSPS) is 22.6. The van der Waals surface area contributed by atoms with Crippen LogP contribution in [0.2, 0.25) is 0 Å². The number of aliphatic carboxylic acids is 1. The Labute approximate surface area is 107 Å². The molecule has 100 valence electrons. The number of carbonyl (C=O) groups excluding carboxylic acids is 1. The molecule has 2 amide bonds. The predicted octanol–water partition coefficient (Wildman–Crippen LogP) is 1.14. The molecule has 1 N–H and O–H groups in total. The van der Waals surface area contributed by atoms with Crippen LogP contribution in [0.5, 0.6) is 0 Å². The minimum Gasteiger partial charge on any atom is -0.481 e. The number of hydrogen-bond acceptors (Lipinski definition) is 3. The van der Waals surface area contributed by atoms with Crippen molar-refractivity contribution in [3.8, 4) is 6.07 Å². The molecule has 1 unspecified atom stereocenters. The van der Waals surface area contributed by atoms with Crippen molar-refractivity contribution < 1.29 is 14.7 Å². The fraction of sp³-hybridized carbons (Fsp3) is 0.750. The van der Waals surface area contributed by atoms with Crippen LogP contribution in [0, 0.1) is 16.7 Å². The summed E-state index contributed by atoms with van der Waals surface area (Å²) in [6, 6.07) is 1.84. The molecule has 0 aromatic heterocycles. The molecule has 6 heteroatoms. The van der Waals surface area contributed by atoms with Crippen LogP contribution in [0.1, 0.15) is 26.7 Å². The fourth-order valence-corrected chi connectivity index (χ4v) is 2.07. The van der Waals surface area contributed by atoms with E-state index in [-0.39, 0.29) is 12.6 Å². The minimum atomic E-state index is -0.863. The lowest BCUT2D eigenvalue weighted by molar-refractivity contribution is -0.147. The molecule has 0 aromatic rings. The lowest BCUT2D eigenvalue weighted by atomic mass is 9.90. The van der Waals surface area contributed by atoms with E-state index >= 15 is 0 Å². The van der Waals surface area contributed by atoms with Crippen molar-refractivity contribution in [2.24, 2.45) is 5.41 Å². The van der Waals surface area contributed by atoms with Crippen molar-refractivity contribution in [2.75, 3.05) is 26.2 Å². The predicted molar refractivity (Wildman–Crippen MR) is 64.8 cm³/mol. The zero-order valence-corrected chi connectivity index (χ0v) is 10.8. The van der Waals surface area contributed by atoms with Gasteiger partial charge in [0.25, 0.3) is 0 Å². The Hall–Kier alpha value is -1.77.